The lowest BCUT2D eigenvalue weighted by molar-refractivity contribution is 0.668. The van der Waals surface area contributed by atoms with Gasteiger partial charge in [-0.25, -0.2) is 4.98 Å². The van der Waals surface area contributed by atoms with E-state index in [4.69, 9.17) is 9.40 Å². The largest absolute Gasteiger partial charge is 0.456 e. The van der Waals surface area contributed by atoms with E-state index in [1.165, 1.54) is 83.1 Å². The molecule has 326 valence electrons. The fraction of sp³-hybridized carbons (Fsp3) is 0.0299. The zero-order valence-corrected chi connectivity index (χ0v) is 38.1. The molecule has 3 heteroatoms. The van der Waals surface area contributed by atoms with Gasteiger partial charge in [-0.3, -0.25) is 4.57 Å². The van der Waals surface area contributed by atoms with Crippen LogP contribution in [0, 0.1) is 0 Å². The quantitative estimate of drug-likeness (QED) is 0.167. The molecule has 13 aromatic rings. The highest BCUT2D eigenvalue weighted by Crippen LogP contribution is 2.59. The zero-order valence-electron chi connectivity index (χ0n) is 38.1. The molecule has 3 aromatic heterocycles. The van der Waals surface area contributed by atoms with Crippen molar-refractivity contribution in [2.45, 2.75) is 10.8 Å². The van der Waals surface area contributed by atoms with Gasteiger partial charge in [0.1, 0.15) is 17.0 Å². The third-order valence-electron chi connectivity index (χ3n) is 15.6. The standard InChI is InChI=1S/C67H42N2O/c1-3-17-45(18-4-1)66(47-33-37-64-56(41-47)53-25-11-16-30-63(53)70-64)57-26-12-7-21-49(57)54-39-43(31-35-59(54)66)44-32-36-60-55(40-44)50-22-8-13-27-58(50)67(60,46-19-5-2-6-20-46)48-34-38-65(68-42-48)69-61-28-14-9-23-51(61)52-24-10-15-29-62(52)69/h1-42H. The summed E-state index contributed by atoms with van der Waals surface area (Å²) in [6.45, 7) is 0. The molecular weight excluding hydrogens is 849 g/mol. The number of rotatable bonds is 6. The van der Waals surface area contributed by atoms with Crippen molar-refractivity contribution >= 4 is 43.7 Å². The van der Waals surface area contributed by atoms with Crippen molar-refractivity contribution in [2.24, 2.45) is 0 Å². The topological polar surface area (TPSA) is 31.0 Å². The molecule has 3 nitrogen and oxygen atoms in total. The summed E-state index contributed by atoms with van der Waals surface area (Å²) in [6, 6.07) is 91.4. The lowest BCUT2D eigenvalue weighted by atomic mass is 9.67. The molecule has 0 saturated heterocycles. The number of nitrogens with zero attached hydrogens (tertiary/aromatic N) is 2. The van der Waals surface area contributed by atoms with E-state index in [0.29, 0.717) is 0 Å². The third-order valence-corrected chi connectivity index (χ3v) is 15.6. The van der Waals surface area contributed by atoms with Crippen molar-refractivity contribution in [1.29, 1.82) is 0 Å². The number of aromatic nitrogens is 2. The summed E-state index contributed by atoms with van der Waals surface area (Å²) < 4.78 is 8.67. The maximum atomic E-state index is 6.37. The molecule has 70 heavy (non-hydrogen) atoms. The van der Waals surface area contributed by atoms with Crippen LogP contribution in [0.2, 0.25) is 0 Å². The van der Waals surface area contributed by atoms with Crippen molar-refractivity contribution in [1.82, 2.24) is 9.55 Å². The average Bonchev–Trinajstić information content (AvgIpc) is 4.15. The maximum absolute atomic E-state index is 6.37. The minimum absolute atomic E-state index is 0.546. The molecule has 2 atom stereocenters. The highest BCUT2D eigenvalue weighted by molar-refractivity contribution is 6.09. The molecule has 3 heterocycles. The molecule has 0 fully saturated rings. The van der Waals surface area contributed by atoms with Gasteiger partial charge < -0.3 is 4.42 Å². The zero-order chi connectivity index (χ0) is 46.0. The van der Waals surface area contributed by atoms with Crippen LogP contribution in [-0.2, 0) is 10.8 Å². The Morgan fingerprint density at radius 2 is 0.786 bits per heavy atom. The first kappa shape index (κ1) is 39.0. The Morgan fingerprint density at radius 3 is 1.37 bits per heavy atom. The molecule has 0 amide bonds. The van der Waals surface area contributed by atoms with E-state index >= 15 is 0 Å². The van der Waals surface area contributed by atoms with Gasteiger partial charge in [0.15, 0.2) is 0 Å². The lowest BCUT2D eigenvalue weighted by Gasteiger charge is -2.34. The van der Waals surface area contributed by atoms with E-state index in [1.54, 1.807) is 0 Å². The predicted molar refractivity (Wildman–Crippen MR) is 286 cm³/mol. The van der Waals surface area contributed by atoms with Crippen LogP contribution >= 0.6 is 0 Å². The number of para-hydroxylation sites is 3. The SMILES string of the molecule is c1ccc(C2(c3ccc(-n4c5ccccc5c5ccccc54)nc3)c3ccccc3-c3cc(-c4ccc5c(c4)-c4ccccc4C5(c4ccccc4)c4ccc5oc6ccccc6c5c4)ccc32)cc1. The van der Waals surface area contributed by atoms with Gasteiger partial charge >= 0.3 is 0 Å². The van der Waals surface area contributed by atoms with Gasteiger partial charge in [-0.1, -0.05) is 200 Å². The molecule has 0 radical (unpaired) electrons. The van der Waals surface area contributed by atoms with Crippen molar-refractivity contribution in [2.75, 3.05) is 0 Å². The summed E-state index contributed by atoms with van der Waals surface area (Å²) in [4.78, 5) is 5.34. The van der Waals surface area contributed by atoms with Crippen LogP contribution in [0.5, 0.6) is 0 Å². The molecule has 2 aliphatic carbocycles. The highest BCUT2D eigenvalue weighted by atomic mass is 16.3. The van der Waals surface area contributed by atoms with E-state index in [9.17, 15) is 0 Å². The van der Waals surface area contributed by atoms with Crippen LogP contribution in [0.25, 0.3) is 82.9 Å². The van der Waals surface area contributed by atoms with Gasteiger partial charge in [0.2, 0.25) is 0 Å². The Labute approximate surface area is 405 Å². The van der Waals surface area contributed by atoms with E-state index in [2.05, 4.69) is 253 Å². The molecule has 0 bridgehead atoms. The molecule has 2 aliphatic rings. The number of hydrogen-bond donors (Lipinski definition) is 0. The number of benzene rings is 10. The van der Waals surface area contributed by atoms with Crippen molar-refractivity contribution in [3.63, 3.8) is 0 Å². The number of furan rings is 1. The fourth-order valence-corrected chi connectivity index (χ4v) is 12.7. The van der Waals surface area contributed by atoms with Gasteiger partial charge in [-0.15, -0.1) is 0 Å². The Balaban J connectivity index is 0.906. The smallest absolute Gasteiger partial charge is 0.137 e. The van der Waals surface area contributed by atoms with Gasteiger partial charge in [-0.2, -0.15) is 0 Å². The first-order chi connectivity index (χ1) is 34.7. The summed E-state index contributed by atoms with van der Waals surface area (Å²) in [7, 11) is 0. The van der Waals surface area contributed by atoms with Crippen molar-refractivity contribution < 1.29 is 4.42 Å². The normalized spacial score (nSPS) is 16.7. The molecule has 15 rings (SSSR count). The Kier molecular flexibility index (Phi) is 8.20. The predicted octanol–water partition coefficient (Wildman–Crippen LogP) is 16.5. The van der Waals surface area contributed by atoms with Crippen LogP contribution in [0.15, 0.2) is 259 Å². The molecule has 0 N–H and O–H groups in total. The van der Waals surface area contributed by atoms with Crippen LogP contribution < -0.4 is 0 Å². The minimum Gasteiger partial charge on any atom is -0.456 e. The van der Waals surface area contributed by atoms with Crippen LogP contribution in [-0.4, -0.2) is 9.55 Å². The first-order valence-electron chi connectivity index (χ1n) is 24.2. The van der Waals surface area contributed by atoms with E-state index in [-0.39, 0.29) is 0 Å². The van der Waals surface area contributed by atoms with E-state index in [1.807, 2.05) is 6.07 Å². The Morgan fingerprint density at radius 1 is 0.314 bits per heavy atom. The summed E-state index contributed by atoms with van der Waals surface area (Å²) in [5.41, 5.74) is 20.2. The Hall–Kier alpha value is -9.05. The summed E-state index contributed by atoms with van der Waals surface area (Å²) >= 11 is 0. The van der Waals surface area contributed by atoms with Crippen molar-refractivity contribution in [3.8, 4) is 39.2 Å². The maximum Gasteiger partial charge on any atom is 0.137 e. The second kappa shape index (κ2) is 14.7. The second-order valence-electron chi connectivity index (χ2n) is 18.9. The van der Waals surface area contributed by atoms with E-state index < -0.39 is 10.8 Å². The second-order valence-corrected chi connectivity index (χ2v) is 18.9. The highest BCUT2D eigenvalue weighted by Gasteiger charge is 2.48. The molecule has 10 aromatic carbocycles. The van der Waals surface area contributed by atoms with Crippen LogP contribution in [0.1, 0.15) is 44.5 Å². The van der Waals surface area contributed by atoms with Gasteiger partial charge in [0, 0.05) is 27.7 Å². The van der Waals surface area contributed by atoms with Crippen molar-refractivity contribution in [3.05, 3.63) is 299 Å². The molecular formula is C67H42N2O. The summed E-state index contributed by atoms with van der Waals surface area (Å²) in [6.07, 6.45) is 2.12. The molecule has 0 aliphatic heterocycles. The number of pyridine rings is 1. The molecule has 2 unspecified atom stereocenters. The van der Waals surface area contributed by atoms with Crippen LogP contribution in [0.4, 0.5) is 0 Å². The van der Waals surface area contributed by atoms with Gasteiger partial charge in [0.05, 0.1) is 21.9 Å². The fourth-order valence-electron chi connectivity index (χ4n) is 12.7. The monoisotopic (exact) mass is 890 g/mol. The number of hydrogen-bond acceptors (Lipinski definition) is 2. The van der Waals surface area contributed by atoms with Crippen LogP contribution in [0.3, 0.4) is 0 Å². The summed E-state index contributed by atoms with van der Waals surface area (Å²) in [5, 5.41) is 4.71. The molecule has 0 spiro atoms. The average molecular weight is 891 g/mol. The summed E-state index contributed by atoms with van der Waals surface area (Å²) in [5.74, 6) is 0.899. The third kappa shape index (κ3) is 5.21. The van der Waals surface area contributed by atoms with Gasteiger partial charge in [0.25, 0.3) is 0 Å². The Bertz CT molecular complexity index is 4190. The first-order valence-corrected chi connectivity index (χ1v) is 24.2. The molecule has 0 saturated carbocycles. The van der Waals surface area contributed by atoms with Gasteiger partial charge in [-0.05, 0) is 126 Å². The lowest BCUT2D eigenvalue weighted by Crippen LogP contribution is -2.28. The van der Waals surface area contributed by atoms with E-state index in [0.717, 1.165) is 44.4 Å². The number of fused-ring (bicyclic) bond motifs is 12. The minimum atomic E-state index is -0.592.